The van der Waals surface area contributed by atoms with E-state index >= 15 is 0 Å². The van der Waals surface area contributed by atoms with Crippen LogP contribution in [0.4, 0.5) is 4.79 Å². The van der Waals surface area contributed by atoms with Crippen molar-refractivity contribution >= 4 is 38.4 Å². The van der Waals surface area contributed by atoms with Crippen molar-refractivity contribution in [3.8, 4) is 16.9 Å². The molecule has 35 heavy (non-hydrogen) atoms. The third-order valence-electron chi connectivity index (χ3n) is 6.11. The first kappa shape index (κ1) is 24.8. The molecule has 1 N–H and O–H groups in total. The fourth-order valence-electron chi connectivity index (χ4n) is 4.43. The van der Waals surface area contributed by atoms with Crippen molar-refractivity contribution in [1.29, 1.82) is 0 Å². The van der Waals surface area contributed by atoms with Crippen LogP contribution in [-0.2, 0) is 4.74 Å². The molecular weight excluding hydrogens is 460 g/mol. The van der Waals surface area contributed by atoms with Crippen LogP contribution in [0.3, 0.4) is 0 Å². The van der Waals surface area contributed by atoms with Crippen LogP contribution in [0.15, 0.2) is 46.6 Å². The molecule has 0 aliphatic heterocycles. The second kappa shape index (κ2) is 9.38. The Bertz CT molecular complexity index is 1440. The number of amides is 1. The van der Waals surface area contributed by atoms with Crippen molar-refractivity contribution < 1.29 is 14.3 Å². The molecule has 0 unspecified atom stereocenters. The van der Waals surface area contributed by atoms with Gasteiger partial charge in [-0.2, -0.15) is 0 Å². The van der Waals surface area contributed by atoms with Crippen molar-refractivity contribution in [2.75, 3.05) is 20.7 Å². The molecule has 0 aliphatic carbocycles. The van der Waals surface area contributed by atoms with E-state index in [9.17, 15) is 9.59 Å². The first-order chi connectivity index (χ1) is 16.5. The van der Waals surface area contributed by atoms with Crippen LogP contribution >= 0.6 is 11.3 Å². The molecule has 0 spiro atoms. The number of methoxy groups -OCH3 is 1. The lowest BCUT2D eigenvalue weighted by Crippen LogP contribution is -2.36. The lowest BCUT2D eigenvalue weighted by Gasteiger charge is -2.26. The summed E-state index contributed by atoms with van der Waals surface area (Å²) < 4.78 is 12.0. The van der Waals surface area contributed by atoms with Gasteiger partial charge >= 0.3 is 6.09 Å². The van der Waals surface area contributed by atoms with E-state index in [1.807, 2.05) is 45.2 Å². The number of rotatable bonds is 5. The zero-order valence-electron chi connectivity index (χ0n) is 21.3. The molecule has 0 radical (unpaired) electrons. The lowest BCUT2D eigenvalue weighted by atomic mass is 9.92. The quantitative estimate of drug-likeness (QED) is 0.337. The predicted molar refractivity (Wildman–Crippen MR) is 144 cm³/mol. The van der Waals surface area contributed by atoms with Gasteiger partial charge in [-0.3, -0.25) is 4.79 Å². The first-order valence-electron chi connectivity index (χ1n) is 11.7. The van der Waals surface area contributed by atoms with E-state index in [-0.39, 0.29) is 17.6 Å². The van der Waals surface area contributed by atoms with Crippen LogP contribution in [0.2, 0.25) is 0 Å². The van der Waals surface area contributed by atoms with Gasteiger partial charge in [0.05, 0.1) is 12.6 Å². The van der Waals surface area contributed by atoms with Gasteiger partial charge in [-0.1, -0.05) is 31.2 Å². The molecule has 0 bridgehead atoms. The predicted octanol–water partition coefficient (Wildman–Crippen LogP) is 6.70. The van der Waals surface area contributed by atoms with Crippen LogP contribution in [0.1, 0.15) is 44.7 Å². The molecule has 184 valence electrons. The van der Waals surface area contributed by atoms with Gasteiger partial charge in [0.25, 0.3) is 5.56 Å². The van der Waals surface area contributed by atoms with E-state index in [0.717, 1.165) is 44.3 Å². The van der Waals surface area contributed by atoms with Gasteiger partial charge in [0.1, 0.15) is 16.1 Å². The normalized spacial score (nSPS) is 12.7. The zero-order chi connectivity index (χ0) is 25.5. The topological polar surface area (TPSA) is 71.6 Å². The highest BCUT2D eigenvalue weighted by molar-refractivity contribution is 7.17. The summed E-state index contributed by atoms with van der Waals surface area (Å²) in [6, 6.07) is 12.3. The Hall–Kier alpha value is -3.32. The number of carbonyl (C=O) groups excluding carboxylic acids is 1. The second-order valence-corrected chi connectivity index (χ2v) is 10.9. The highest BCUT2D eigenvalue weighted by atomic mass is 32.1. The number of fused-ring (bicyclic) bond motifs is 3. The van der Waals surface area contributed by atoms with Crippen LogP contribution in [0.25, 0.3) is 32.1 Å². The van der Waals surface area contributed by atoms with Crippen LogP contribution in [-0.4, -0.2) is 42.3 Å². The fourth-order valence-corrected chi connectivity index (χ4v) is 5.22. The molecule has 0 aliphatic rings. The van der Waals surface area contributed by atoms with Crippen LogP contribution in [0.5, 0.6) is 5.75 Å². The number of ether oxygens (including phenoxy) is 2. The number of pyridine rings is 1. The minimum atomic E-state index is -0.524. The number of nitrogens with one attached hydrogen (secondary N) is 1. The van der Waals surface area contributed by atoms with E-state index < -0.39 is 5.60 Å². The van der Waals surface area contributed by atoms with Gasteiger partial charge in [0.15, 0.2) is 0 Å². The number of likely N-dealkylation sites (N-methyl/N-ethyl adjacent to an activating group) is 1. The zero-order valence-corrected chi connectivity index (χ0v) is 22.1. The number of aromatic amines is 1. The lowest BCUT2D eigenvalue weighted by molar-refractivity contribution is 0.0291. The highest BCUT2D eigenvalue weighted by Gasteiger charge is 2.22. The Balaban J connectivity index is 1.72. The van der Waals surface area contributed by atoms with E-state index in [0.29, 0.717) is 11.2 Å². The molecule has 4 rings (SSSR count). The van der Waals surface area contributed by atoms with Crippen molar-refractivity contribution in [1.82, 2.24) is 9.88 Å². The summed E-state index contributed by atoms with van der Waals surface area (Å²) in [7, 11) is 3.43. The molecule has 1 atom stereocenters. The van der Waals surface area contributed by atoms with Gasteiger partial charge in [0, 0.05) is 29.9 Å². The van der Waals surface area contributed by atoms with Crippen molar-refractivity contribution in [2.45, 2.75) is 46.1 Å². The summed E-state index contributed by atoms with van der Waals surface area (Å²) in [6.45, 7) is 10.2. The Labute approximate surface area is 209 Å². The molecule has 2 aromatic carbocycles. The monoisotopic (exact) mass is 492 g/mol. The van der Waals surface area contributed by atoms with Crippen LogP contribution < -0.4 is 10.3 Å². The minimum Gasteiger partial charge on any atom is -0.496 e. The average Bonchev–Trinajstić information content (AvgIpc) is 3.29. The molecule has 2 heterocycles. The summed E-state index contributed by atoms with van der Waals surface area (Å²) in [4.78, 5) is 29.7. The number of H-pyrrole nitrogens is 1. The van der Waals surface area contributed by atoms with Crippen molar-refractivity contribution in [3.05, 3.63) is 63.3 Å². The minimum absolute atomic E-state index is 0.0694. The molecule has 7 heteroatoms. The number of aromatic nitrogens is 1. The van der Waals surface area contributed by atoms with E-state index in [1.54, 1.807) is 19.1 Å². The standard InChI is InChI=1S/C28H32N2O4S/c1-16-14-21(33-7)22(23-20-12-13-35-25(20)26(31)29-24(16)23)19-10-8-18(9-11-19)17(2)15-30(6)27(32)34-28(3,4)5/h8-14,17H,15H2,1-7H3,(H,29,31)/t17-/m0/s1. The third kappa shape index (κ3) is 4.91. The Morgan fingerprint density at radius 1 is 1.17 bits per heavy atom. The van der Waals surface area contributed by atoms with E-state index in [4.69, 9.17) is 9.47 Å². The SMILES string of the molecule is COc1cc(C)c2[nH]c(=O)c3sccc3c2c1-c1ccc([C@@H](C)CN(C)C(=O)OC(C)(C)C)cc1. The Morgan fingerprint density at radius 3 is 2.49 bits per heavy atom. The largest absolute Gasteiger partial charge is 0.496 e. The van der Waals surface area contributed by atoms with E-state index in [2.05, 4.69) is 36.2 Å². The van der Waals surface area contributed by atoms with Crippen molar-refractivity contribution in [2.24, 2.45) is 0 Å². The summed E-state index contributed by atoms with van der Waals surface area (Å²) in [5.74, 6) is 0.887. The van der Waals surface area contributed by atoms with Crippen LogP contribution in [0, 0.1) is 6.92 Å². The summed E-state index contributed by atoms with van der Waals surface area (Å²) >= 11 is 1.44. The maximum Gasteiger partial charge on any atom is 0.410 e. The van der Waals surface area contributed by atoms with Gasteiger partial charge in [-0.05, 0) is 67.8 Å². The smallest absolute Gasteiger partial charge is 0.410 e. The maximum absolute atomic E-state index is 12.6. The average molecular weight is 493 g/mol. The summed E-state index contributed by atoms with van der Waals surface area (Å²) in [5, 5.41) is 3.87. The number of aryl methyl sites for hydroxylation is 1. The second-order valence-electron chi connectivity index (χ2n) is 10.0. The molecule has 0 fully saturated rings. The number of hydrogen-bond donors (Lipinski definition) is 1. The maximum atomic E-state index is 12.6. The number of hydrogen-bond acceptors (Lipinski definition) is 5. The summed E-state index contributed by atoms with van der Waals surface area (Å²) in [6.07, 6.45) is -0.328. The number of carbonyl (C=O) groups is 1. The third-order valence-corrected chi connectivity index (χ3v) is 7.02. The Morgan fingerprint density at radius 2 is 1.86 bits per heavy atom. The molecule has 4 aromatic rings. The van der Waals surface area contributed by atoms with Gasteiger partial charge < -0.3 is 19.4 Å². The van der Waals surface area contributed by atoms with Gasteiger partial charge in [-0.25, -0.2) is 4.79 Å². The molecule has 0 saturated carbocycles. The molecule has 1 amide bonds. The molecule has 2 aromatic heterocycles. The molecule has 0 saturated heterocycles. The molecule has 6 nitrogen and oxygen atoms in total. The number of benzene rings is 2. The number of nitrogens with zero attached hydrogens (tertiary/aromatic N) is 1. The molecular formula is C28H32N2O4S. The highest BCUT2D eigenvalue weighted by Crippen LogP contribution is 2.42. The fraction of sp³-hybridized carbons (Fsp3) is 0.357. The first-order valence-corrected chi connectivity index (χ1v) is 12.5. The summed E-state index contributed by atoms with van der Waals surface area (Å²) in [5.41, 5.74) is 4.27. The van der Waals surface area contributed by atoms with Gasteiger partial charge in [0.2, 0.25) is 0 Å². The van der Waals surface area contributed by atoms with Crippen molar-refractivity contribution in [3.63, 3.8) is 0 Å². The van der Waals surface area contributed by atoms with E-state index in [1.165, 1.54) is 11.3 Å². The Kier molecular flexibility index (Phi) is 6.64. The number of thiophene rings is 1. The van der Waals surface area contributed by atoms with Gasteiger partial charge in [-0.15, -0.1) is 11.3 Å².